The van der Waals surface area contributed by atoms with Crippen LogP contribution < -0.4 is 15.2 Å². The summed E-state index contributed by atoms with van der Waals surface area (Å²) >= 11 is 0. The third-order valence-corrected chi connectivity index (χ3v) is 3.66. The minimum atomic E-state index is -0.0554. The molecule has 1 aliphatic heterocycles. The van der Waals surface area contributed by atoms with Gasteiger partial charge in [-0.15, -0.1) is 0 Å². The number of fused-ring (bicyclic) bond motifs is 1. The fourth-order valence-electron chi connectivity index (χ4n) is 2.48. The summed E-state index contributed by atoms with van der Waals surface area (Å²) < 4.78 is 11.3. The highest BCUT2D eigenvalue weighted by Crippen LogP contribution is 2.40. The van der Waals surface area contributed by atoms with Crippen LogP contribution in [-0.4, -0.2) is 12.1 Å². The smallest absolute Gasteiger partial charge is 0.127 e. The molecule has 1 aromatic carbocycles. The van der Waals surface area contributed by atoms with Crippen molar-refractivity contribution in [1.29, 1.82) is 0 Å². The maximum absolute atomic E-state index is 6.27. The molecular weight excluding hydrogens is 252 g/mol. The zero-order valence-electron chi connectivity index (χ0n) is 11.7. The van der Waals surface area contributed by atoms with Crippen LogP contribution in [0, 0.1) is 6.92 Å². The number of aryl methyl sites for hydroxylation is 1. The zero-order chi connectivity index (χ0) is 14.1. The zero-order valence-corrected chi connectivity index (χ0v) is 11.7. The Labute approximate surface area is 118 Å². The second-order valence-corrected chi connectivity index (χ2v) is 5.09. The van der Waals surface area contributed by atoms with E-state index in [4.69, 9.17) is 15.2 Å². The summed E-state index contributed by atoms with van der Waals surface area (Å²) in [4.78, 5) is 4.32. The molecule has 0 fully saturated rings. The quantitative estimate of drug-likeness (QED) is 0.911. The highest BCUT2D eigenvalue weighted by atomic mass is 16.5. The van der Waals surface area contributed by atoms with E-state index in [0.29, 0.717) is 0 Å². The van der Waals surface area contributed by atoms with Crippen LogP contribution in [0.1, 0.15) is 35.4 Å². The molecule has 0 amide bonds. The number of methoxy groups -OCH3 is 1. The maximum atomic E-state index is 6.27. The van der Waals surface area contributed by atoms with Crippen LogP contribution in [-0.2, 0) is 0 Å². The van der Waals surface area contributed by atoms with Crippen LogP contribution in [0.15, 0.2) is 36.5 Å². The van der Waals surface area contributed by atoms with Gasteiger partial charge in [0.2, 0.25) is 0 Å². The lowest BCUT2D eigenvalue weighted by Crippen LogP contribution is -2.24. The molecule has 0 radical (unpaired) electrons. The molecule has 0 saturated heterocycles. The second kappa shape index (κ2) is 5.13. The van der Waals surface area contributed by atoms with Gasteiger partial charge in [0.1, 0.15) is 17.6 Å². The Balaban J connectivity index is 1.90. The number of ether oxygens (including phenoxy) is 2. The molecule has 104 valence electrons. The molecule has 2 N–H and O–H groups in total. The van der Waals surface area contributed by atoms with Gasteiger partial charge in [0.25, 0.3) is 0 Å². The minimum Gasteiger partial charge on any atom is -0.497 e. The Morgan fingerprint density at radius 3 is 2.85 bits per heavy atom. The molecule has 0 saturated carbocycles. The molecule has 1 aliphatic rings. The first-order valence-electron chi connectivity index (χ1n) is 6.70. The first kappa shape index (κ1) is 12.9. The van der Waals surface area contributed by atoms with Crippen molar-refractivity contribution in [2.75, 3.05) is 7.11 Å². The molecule has 2 aromatic rings. The molecule has 0 spiro atoms. The van der Waals surface area contributed by atoms with Gasteiger partial charge in [-0.05, 0) is 31.2 Å². The molecule has 2 atom stereocenters. The van der Waals surface area contributed by atoms with Gasteiger partial charge in [0.15, 0.2) is 0 Å². The molecule has 1 aromatic heterocycles. The van der Waals surface area contributed by atoms with Gasteiger partial charge in [0, 0.05) is 35.5 Å². The predicted octanol–water partition coefficient (Wildman–Crippen LogP) is 2.92. The Morgan fingerprint density at radius 1 is 1.30 bits per heavy atom. The number of pyridine rings is 1. The average Bonchev–Trinajstić information content (AvgIpc) is 2.47. The Kier molecular flexibility index (Phi) is 3.32. The maximum Gasteiger partial charge on any atom is 0.127 e. The fraction of sp³-hybridized carbons (Fsp3) is 0.312. The van der Waals surface area contributed by atoms with E-state index in [2.05, 4.69) is 4.98 Å². The standard InChI is InChI=1S/C16H18N2O2/c1-10-3-4-11(9-18-10)16-8-14(17)13-7-12(19-2)5-6-15(13)20-16/h3-7,9,14,16H,8,17H2,1-2H3. The summed E-state index contributed by atoms with van der Waals surface area (Å²) in [5, 5.41) is 0. The molecule has 2 heterocycles. The topological polar surface area (TPSA) is 57.4 Å². The van der Waals surface area contributed by atoms with Crippen LogP contribution in [0.2, 0.25) is 0 Å². The van der Waals surface area contributed by atoms with Gasteiger partial charge in [-0.3, -0.25) is 4.98 Å². The lowest BCUT2D eigenvalue weighted by Gasteiger charge is -2.30. The lowest BCUT2D eigenvalue weighted by atomic mass is 9.94. The van der Waals surface area contributed by atoms with Gasteiger partial charge >= 0.3 is 0 Å². The molecule has 0 bridgehead atoms. The minimum absolute atomic E-state index is 0.0426. The summed E-state index contributed by atoms with van der Waals surface area (Å²) in [6.07, 6.45) is 2.56. The summed E-state index contributed by atoms with van der Waals surface area (Å²) in [5.74, 6) is 1.63. The van der Waals surface area contributed by atoms with E-state index >= 15 is 0 Å². The number of aromatic nitrogens is 1. The molecular formula is C16H18N2O2. The van der Waals surface area contributed by atoms with E-state index in [1.165, 1.54) is 0 Å². The Morgan fingerprint density at radius 2 is 2.15 bits per heavy atom. The van der Waals surface area contributed by atoms with Crippen molar-refractivity contribution in [2.24, 2.45) is 5.73 Å². The fourth-order valence-corrected chi connectivity index (χ4v) is 2.48. The van der Waals surface area contributed by atoms with E-state index in [9.17, 15) is 0 Å². The van der Waals surface area contributed by atoms with Crippen LogP contribution in [0.25, 0.3) is 0 Å². The number of hydrogen-bond acceptors (Lipinski definition) is 4. The number of nitrogens with zero attached hydrogens (tertiary/aromatic N) is 1. The normalized spacial score (nSPS) is 20.9. The van der Waals surface area contributed by atoms with E-state index < -0.39 is 0 Å². The molecule has 4 heteroatoms. The SMILES string of the molecule is COc1ccc2c(c1)C(N)CC(c1ccc(C)nc1)O2. The molecule has 3 rings (SSSR count). The molecule has 2 unspecified atom stereocenters. The first-order valence-corrected chi connectivity index (χ1v) is 6.70. The lowest BCUT2D eigenvalue weighted by molar-refractivity contribution is 0.161. The van der Waals surface area contributed by atoms with Crippen molar-refractivity contribution in [3.05, 3.63) is 53.3 Å². The second-order valence-electron chi connectivity index (χ2n) is 5.09. The van der Waals surface area contributed by atoms with Gasteiger partial charge in [0.05, 0.1) is 7.11 Å². The van der Waals surface area contributed by atoms with Crippen LogP contribution in [0.5, 0.6) is 11.5 Å². The number of hydrogen-bond donors (Lipinski definition) is 1. The average molecular weight is 270 g/mol. The van der Waals surface area contributed by atoms with Crippen molar-refractivity contribution in [3.63, 3.8) is 0 Å². The van der Waals surface area contributed by atoms with Crippen molar-refractivity contribution in [2.45, 2.75) is 25.5 Å². The number of benzene rings is 1. The number of rotatable bonds is 2. The third-order valence-electron chi connectivity index (χ3n) is 3.66. The van der Waals surface area contributed by atoms with Gasteiger partial charge in [-0.25, -0.2) is 0 Å². The summed E-state index contributed by atoms with van der Waals surface area (Å²) in [5.41, 5.74) is 9.33. The Hall–Kier alpha value is -2.07. The van der Waals surface area contributed by atoms with Gasteiger partial charge in [-0.2, -0.15) is 0 Å². The summed E-state index contributed by atoms with van der Waals surface area (Å²) in [6, 6.07) is 9.74. The van der Waals surface area contributed by atoms with Crippen molar-refractivity contribution in [3.8, 4) is 11.5 Å². The number of nitrogens with two attached hydrogens (primary N) is 1. The molecule has 20 heavy (non-hydrogen) atoms. The first-order chi connectivity index (χ1) is 9.67. The largest absolute Gasteiger partial charge is 0.497 e. The van der Waals surface area contributed by atoms with Crippen molar-refractivity contribution < 1.29 is 9.47 Å². The highest BCUT2D eigenvalue weighted by molar-refractivity contribution is 5.44. The molecule has 4 nitrogen and oxygen atoms in total. The van der Waals surface area contributed by atoms with Crippen LogP contribution in [0.4, 0.5) is 0 Å². The summed E-state index contributed by atoms with van der Waals surface area (Å²) in [7, 11) is 1.65. The van der Waals surface area contributed by atoms with E-state index in [1.807, 2.05) is 43.5 Å². The van der Waals surface area contributed by atoms with Crippen LogP contribution in [0.3, 0.4) is 0 Å². The van der Waals surface area contributed by atoms with E-state index in [1.54, 1.807) is 7.11 Å². The predicted molar refractivity (Wildman–Crippen MR) is 76.9 cm³/mol. The van der Waals surface area contributed by atoms with Crippen molar-refractivity contribution >= 4 is 0 Å². The Bertz CT molecular complexity index is 610. The van der Waals surface area contributed by atoms with Gasteiger partial charge < -0.3 is 15.2 Å². The molecule has 0 aliphatic carbocycles. The third kappa shape index (κ3) is 2.34. The summed E-state index contributed by atoms with van der Waals surface area (Å²) in [6.45, 7) is 1.97. The van der Waals surface area contributed by atoms with Gasteiger partial charge in [-0.1, -0.05) is 6.07 Å². The van der Waals surface area contributed by atoms with E-state index in [0.717, 1.165) is 34.7 Å². The van der Waals surface area contributed by atoms with E-state index in [-0.39, 0.29) is 12.1 Å². The van der Waals surface area contributed by atoms with Crippen molar-refractivity contribution in [1.82, 2.24) is 4.98 Å². The highest BCUT2D eigenvalue weighted by Gasteiger charge is 2.27. The monoisotopic (exact) mass is 270 g/mol. The van der Waals surface area contributed by atoms with Crippen LogP contribution >= 0.6 is 0 Å².